The number of carboxylic acid groups (broad SMARTS) is 1. The van der Waals surface area contributed by atoms with Gasteiger partial charge in [0.15, 0.2) is 0 Å². The van der Waals surface area contributed by atoms with E-state index in [1.165, 1.54) is 0 Å². The second-order valence-corrected chi connectivity index (χ2v) is 6.25. The summed E-state index contributed by atoms with van der Waals surface area (Å²) in [6.07, 6.45) is 4.02. The van der Waals surface area contributed by atoms with E-state index in [9.17, 15) is 9.90 Å². The molecule has 2 unspecified atom stereocenters. The molecule has 0 spiro atoms. The number of pyridine rings is 1. The standard InChI is InChI=1S/C20H24N2O3/c1-2-25-19-11-4-3-9-16(19)18(14-15-8-5-6-12-21-15)22-13-7-10-17(22)20(23)24/h3-6,8-9,11-12,17-18H,2,7,10,13-14H2,1H3,(H,23,24). The molecule has 1 saturated heterocycles. The smallest absolute Gasteiger partial charge is 0.320 e. The monoisotopic (exact) mass is 340 g/mol. The van der Waals surface area contributed by atoms with Gasteiger partial charge in [0, 0.05) is 29.9 Å². The molecule has 2 atom stereocenters. The number of carbonyl (C=O) groups is 1. The van der Waals surface area contributed by atoms with Gasteiger partial charge in [-0.05, 0) is 44.5 Å². The van der Waals surface area contributed by atoms with Gasteiger partial charge in [0.2, 0.25) is 0 Å². The first-order valence-corrected chi connectivity index (χ1v) is 8.81. The minimum atomic E-state index is -0.752. The quantitative estimate of drug-likeness (QED) is 0.838. The first-order chi connectivity index (χ1) is 12.2. The van der Waals surface area contributed by atoms with Crippen molar-refractivity contribution in [3.63, 3.8) is 0 Å². The summed E-state index contributed by atoms with van der Waals surface area (Å²) in [5, 5.41) is 9.63. The van der Waals surface area contributed by atoms with Crippen LogP contribution in [0.25, 0.3) is 0 Å². The Bertz CT molecular complexity index is 705. The van der Waals surface area contributed by atoms with E-state index < -0.39 is 12.0 Å². The van der Waals surface area contributed by atoms with Crippen molar-refractivity contribution < 1.29 is 14.6 Å². The molecule has 2 heterocycles. The molecule has 1 aliphatic rings. The predicted octanol–water partition coefficient (Wildman–Crippen LogP) is 3.31. The highest BCUT2D eigenvalue weighted by molar-refractivity contribution is 5.74. The lowest BCUT2D eigenvalue weighted by molar-refractivity contribution is -0.143. The summed E-state index contributed by atoms with van der Waals surface area (Å²) >= 11 is 0. The highest BCUT2D eigenvalue weighted by Gasteiger charge is 2.37. The number of hydrogen-bond acceptors (Lipinski definition) is 4. The van der Waals surface area contributed by atoms with Crippen LogP contribution in [0.2, 0.25) is 0 Å². The Hall–Kier alpha value is -2.40. The molecule has 3 rings (SSSR count). The van der Waals surface area contributed by atoms with E-state index in [0.29, 0.717) is 19.4 Å². The average molecular weight is 340 g/mol. The van der Waals surface area contributed by atoms with Gasteiger partial charge in [0.1, 0.15) is 11.8 Å². The zero-order chi connectivity index (χ0) is 17.6. The van der Waals surface area contributed by atoms with E-state index in [2.05, 4.69) is 9.88 Å². The summed E-state index contributed by atoms with van der Waals surface area (Å²) in [5.74, 6) is 0.0689. The lowest BCUT2D eigenvalue weighted by Crippen LogP contribution is -2.39. The number of ether oxygens (including phenoxy) is 1. The Labute approximate surface area is 148 Å². The lowest BCUT2D eigenvalue weighted by atomic mass is 9.98. The molecule has 1 fully saturated rings. The number of rotatable bonds is 7. The van der Waals surface area contributed by atoms with Crippen LogP contribution in [0.1, 0.15) is 37.1 Å². The van der Waals surface area contributed by atoms with E-state index in [1.807, 2.05) is 49.4 Å². The SMILES string of the molecule is CCOc1ccccc1C(Cc1ccccn1)N1CCCC1C(=O)O. The van der Waals surface area contributed by atoms with Crippen LogP contribution in [-0.2, 0) is 11.2 Å². The van der Waals surface area contributed by atoms with E-state index in [-0.39, 0.29) is 6.04 Å². The predicted molar refractivity (Wildman–Crippen MR) is 95.7 cm³/mol. The minimum absolute atomic E-state index is 0.0683. The van der Waals surface area contributed by atoms with Gasteiger partial charge >= 0.3 is 5.97 Å². The number of aromatic nitrogens is 1. The van der Waals surface area contributed by atoms with Gasteiger partial charge in [-0.25, -0.2) is 0 Å². The van der Waals surface area contributed by atoms with Crippen molar-refractivity contribution in [1.29, 1.82) is 0 Å². The molecule has 2 aromatic rings. The van der Waals surface area contributed by atoms with Crippen LogP contribution in [0.3, 0.4) is 0 Å². The molecule has 5 heteroatoms. The van der Waals surface area contributed by atoms with Gasteiger partial charge in [-0.2, -0.15) is 0 Å². The lowest BCUT2D eigenvalue weighted by Gasteiger charge is -2.32. The van der Waals surface area contributed by atoms with Crippen LogP contribution in [0.15, 0.2) is 48.7 Å². The Morgan fingerprint density at radius 3 is 2.84 bits per heavy atom. The second kappa shape index (κ2) is 8.12. The van der Waals surface area contributed by atoms with Crippen LogP contribution in [0, 0.1) is 0 Å². The van der Waals surface area contributed by atoms with Gasteiger partial charge < -0.3 is 9.84 Å². The molecule has 1 aromatic carbocycles. The average Bonchev–Trinajstić information content (AvgIpc) is 3.11. The normalized spacial score (nSPS) is 18.8. The third-order valence-electron chi connectivity index (χ3n) is 4.69. The fourth-order valence-electron chi connectivity index (χ4n) is 3.59. The van der Waals surface area contributed by atoms with Crippen LogP contribution in [0.5, 0.6) is 5.75 Å². The molecule has 0 amide bonds. The summed E-state index contributed by atoms with van der Waals surface area (Å²) in [7, 11) is 0. The topological polar surface area (TPSA) is 62.7 Å². The number of benzene rings is 1. The summed E-state index contributed by atoms with van der Waals surface area (Å²) < 4.78 is 5.82. The van der Waals surface area contributed by atoms with E-state index >= 15 is 0 Å². The van der Waals surface area contributed by atoms with Crippen LogP contribution in [0.4, 0.5) is 0 Å². The fourth-order valence-corrected chi connectivity index (χ4v) is 3.59. The van der Waals surface area contributed by atoms with Crippen molar-refractivity contribution in [3.05, 3.63) is 59.9 Å². The molecule has 1 aliphatic heterocycles. The van der Waals surface area contributed by atoms with Crippen molar-refractivity contribution >= 4 is 5.97 Å². The molecule has 5 nitrogen and oxygen atoms in total. The Balaban J connectivity index is 1.98. The molecule has 0 aliphatic carbocycles. The van der Waals surface area contributed by atoms with E-state index in [1.54, 1.807) is 6.20 Å². The molecule has 0 saturated carbocycles. The van der Waals surface area contributed by atoms with Crippen molar-refractivity contribution in [2.45, 2.75) is 38.3 Å². The number of aliphatic carboxylic acids is 1. The largest absolute Gasteiger partial charge is 0.494 e. The third-order valence-corrected chi connectivity index (χ3v) is 4.69. The maximum absolute atomic E-state index is 11.7. The summed E-state index contributed by atoms with van der Waals surface area (Å²) in [6.45, 7) is 3.31. The van der Waals surface area contributed by atoms with Crippen LogP contribution < -0.4 is 4.74 Å². The van der Waals surface area contributed by atoms with Crippen molar-refractivity contribution in [2.75, 3.05) is 13.2 Å². The van der Waals surface area contributed by atoms with Crippen molar-refractivity contribution in [2.24, 2.45) is 0 Å². The Kier molecular flexibility index (Phi) is 5.66. The van der Waals surface area contributed by atoms with Crippen molar-refractivity contribution in [3.8, 4) is 5.75 Å². The Morgan fingerprint density at radius 1 is 1.32 bits per heavy atom. The maximum Gasteiger partial charge on any atom is 0.320 e. The molecule has 0 bridgehead atoms. The van der Waals surface area contributed by atoms with Gasteiger partial charge in [0.25, 0.3) is 0 Å². The number of para-hydroxylation sites is 1. The Morgan fingerprint density at radius 2 is 2.12 bits per heavy atom. The summed E-state index contributed by atoms with van der Waals surface area (Å²) in [5.41, 5.74) is 1.98. The van der Waals surface area contributed by atoms with Crippen LogP contribution in [-0.4, -0.2) is 40.2 Å². The summed E-state index contributed by atoms with van der Waals surface area (Å²) in [4.78, 5) is 18.3. The van der Waals surface area contributed by atoms with E-state index in [4.69, 9.17) is 4.74 Å². The fraction of sp³-hybridized carbons (Fsp3) is 0.400. The highest BCUT2D eigenvalue weighted by atomic mass is 16.5. The number of nitrogens with zero attached hydrogens (tertiary/aromatic N) is 2. The zero-order valence-corrected chi connectivity index (χ0v) is 14.5. The van der Waals surface area contributed by atoms with Gasteiger partial charge in [-0.1, -0.05) is 24.3 Å². The van der Waals surface area contributed by atoms with E-state index in [0.717, 1.165) is 30.0 Å². The molecule has 25 heavy (non-hydrogen) atoms. The van der Waals surface area contributed by atoms with Crippen LogP contribution >= 0.6 is 0 Å². The molecular formula is C20H24N2O3. The zero-order valence-electron chi connectivity index (χ0n) is 14.5. The maximum atomic E-state index is 11.7. The minimum Gasteiger partial charge on any atom is -0.494 e. The molecule has 1 aromatic heterocycles. The molecular weight excluding hydrogens is 316 g/mol. The first-order valence-electron chi connectivity index (χ1n) is 8.81. The third kappa shape index (κ3) is 3.99. The second-order valence-electron chi connectivity index (χ2n) is 6.25. The number of hydrogen-bond donors (Lipinski definition) is 1. The van der Waals surface area contributed by atoms with Gasteiger partial charge in [0.05, 0.1) is 6.61 Å². The summed E-state index contributed by atoms with van der Waals surface area (Å²) in [6, 6.07) is 13.2. The van der Waals surface area contributed by atoms with Gasteiger partial charge in [-0.15, -0.1) is 0 Å². The number of likely N-dealkylation sites (tertiary alicyclic amines) is 1. The molecule has 0 radical (unpaired) electrons. The first kappa shape index (κ1) is 17.4. The highest BCUT2D eigenvalue weighted by Crippen LogP contribution is 2.36. The number of carboxylic acids is 1. The van der Waals surface area contributed by atoms with Crippen molar-refractivity contribution in [1.82, 2.24) is 9.88 Å². The molecule has 1 N–H and O–H groups in total. The van der Waals surface area contributed by atoms with Gasteiger partial charge in [-0.3, -0.25) is 14.7 Å². The molecule has 132 valence electrons.